The summed E-state index contributed by atoms with van der Waals surface area (Å²) in [6.45, 7) is 1.97. The summed E-state index contributed by atoms with van der Waals surface area (Å²) in [5.74, 6) is -0.533. The van der Waals surface area contributed by atoms with Crippen LogP contribution >= 0.6 is 0 Å². The van der Waals surface area contributed by atoms with Gasteiger partial charge < -0.3 is 5.73 Å². The fraction of sp³-hybridized carbons (Fsp3) is 0.250. The van der Waals surface area contributed by atoms with Crippen LogP contribution in [-0.2, 0) is 5.41 Å². The van der Waals surface area contributed by atoms with Gasteiger partial charge in [0, 0.05) is 11.0 Å². The van der Waals surface area contributed by atoms with Crippen molar-refractivity contribution in [2.24, 2.45) is 5.73 Å². The van der Waals surface area contributed by atoms with Crippen LogP contribution in [0.5, 0.6) is 0 Å². The summed E-state index contributed by atoms with van der Waals surface area (Å²) < 4.78 is 26.1. The van der Waals surface area contributed by atoms with Gasteiger partial charge in [0.25, 0.3) is 0 Å². The minimum absolute atomic E-state index is 0.266. The molecule has 0 radical (unpaired) electrons. The van der Waals surface area contributed by atoms with Crippen LogP contribution in [0.3, 0.4) is 0 Å². The molecule has 1 aliphatic carbocycles. The van der Waals surface area contributed by atoms with E-state index in [2.05, 4.69) is 0 Å². The Labute approximate surface area is 111 Å². The lowest BCUT2D eigenvalue weighted by atomic mass is 9.84. The summed E-state index contributed by atoms with van der Waals surface area (Å²) in [5, 5.41) is 0. The van der Waals surface area contributed by atoms with Gasteiger partial charge in [-0.25, -0.2) is 8.78 Å². The average Bonchev–Trinajstić information content (AvgIpc) is 2.95. The van der Waals surface area contributed by atoms with Crippen molar-refractivity contribution >= 4 is 0 Å². The van der Waals surface area contributed by atoms with Gasteiger partial charge in [-0.3, -0.25) is 0 Å². The molecule has 2 aromatic carbocycles. The summed E-state index contributed by atoms with van der Waals surface area (Å²) in [6.07, 6.45) is 0.775. The summed E-state index contributed by atoms with van der Waals surface area (Å²) in [5.41, 5.74) is 7.53. The van der Waals surface area contributed by atoms with E-state index < -0.39 is 0 Å². The van der Waals surface area contributed by atoms with E-state index in [1.807, 2.05) is 6.92 Å². The Kier molecular flexibility index (Phi) is 2.51. The fourth-order valence-corrected chi connectivity index (χ4v) is 3.01. The predicted molar refractivity (Wildman–Crippen MR) is 70.8 cm³/mol. The van der Waals surface area contributed by atoms with Gasteiger partial charge in [-0.15, -0.1) is 0 Å². The Morgan fingerprint density at radius 1 is 0.842 bits per heavy atom. The number of benzene rings is 2. The van der Waals surface area contributed by atoms with Gasteiger partial charge in [0.15, 0.2) is 0 Å². The summed E-state index contributed by atoms with van der Waals surface area (Å²) in [7, 11) is 0. The van der Waals surface area contributed by atoms with Crippen molar-refractivity contribution in [3.63, 3.8) is 0 Å². The highest BCUT2D eigenvalue weighted by Crippen LogP contribution is 2.60. The molecular weight excluding hydrogens is 244 g/mol. The zero-order valence-corrected chi connectivity index (χ0v) is 10.7. The quantitative estimate of drug-likeness (QED) is 0.879. The molecule has 3 heteroatoms. The SMILES string of the molecule is CC1(N)CC1(c1ccc(F)cc1)c1ccc(F)cc1. The lowest BCUT2D eigenvalue weighted by Crippen LogP contribution is -2.30. The molecule has 19 heavy (non-hydrogen) atoms. The van der Waals surface area contributed by atoms with E-state index in [0.717, 1.165) is 17.5 Å². The number of hydrogen-bond acceptors (Lipinski definition) is 1. The van der Waals surface area contributed by atoms with Crippen molar-refractivity contribution in [1.29, 1.82) is 0 Å². The van der Waals surface area contributed by atoms with Gasteiger partial charge in [-0.2, -0.15) is 0 Å². The smallest absolute Gasteiger partial charge is 0.123 e. The Bertz CT molecular complexity index is 554. The highest BCUT2D eigenvalue weighted by atomic mass is 19.1. The molecule has 2 aromatic rings. The van der Waals surface area contributed by atoms with Crippen molar-refractivity contribution in [3.8, 4) is 0 Å². The third-order valence-corrected chi connectivity index (χ3v) is 4.16. The van der Waals surface area contributed by atoms with Gasteiger partial charge in [0.1, 0.15) is 11.6 Å². The summed E-state index contributed by atoms with van der Waals surface area (Å²) in [4.78, 5) is 0. The second kappa shape index (κ2) is 3.87. The minimum Gasteiger partial charge on any atom is -0.324 e. The molecule has 0 heterocycles. The molecule has 1 fully saturated rings. The van der Waals surface area contributed by atoms with E-state index in [4.69, 9.17) is 5.73 Å². The topological polar surface area (TPSA) is 26.0 Å². The van der Waals surface area contributed by atoms with Crippen LogP contribution in [0.1, 0.15) is 24.5 Å². The summed E-state index contributed by atoms with van der Waals surface area (Å²) >= 11 is 0. The third-order valence-electron chi connectivity index (χ3n) is 4.16. The molecule has 1 nitrogen and oxygen atoms in total. The molecule has 1 atom stereocenters. The standard InChI is InChI=1S/C16H15F2N/c1-15(19)10-16(15,11-2-6-13(17)7-3-11)12-4-8-14(18)9-5-12/h2-9H,10,19H2,1H3. The number of nitrogens with two attached hydrogens (primary N) is 1. The molecule has 3 rings (SSSR count). The number of halogens is 2. The number of hydrogen-bond donors (Lipinski definition) is 1. The van der Waals surface area contributed by atoms with Crippen LogP contribution in [0.4, 0.5) is 8.78 Å². The Morgan fingerprint density at radius 3 is 1.42 bits per heavy atom. The molecule has 0 saturated heterocycles. The lowest BCUT2D eigenvalue weighted by molar-refractivity contribution is 0.612. The first-order valence-electron chi connectivity index (χ1n) is 6.27. The zero-order valence-electron chi connectivity index (χ0n) is 10.7. The van der Waals surface area contributed by atoms with E-state index >= 15 is 0 Å². The van der Waals surface area contributed by atoms with E-state index in [1.165, 1.54) is 24.3 Å². The predicted octanol–water partition coefficient (Wildman–Crippen LogP) is 3.37. The van der Waals surface area contributed by atoms with Crippen LogP contribution in [0.2, 0.25) is 0 Å². The maximum atomic E-state index is 13.1. The van der Waals surface area contributed by atoms with Gasteiger partial charge in [-0.1, -0.05) is 24.3 Å². The maximum Gasteiger partial charge on any atom is 0.123 e. The van der Waals surface area contributed by atoms with E-state index in [-0.39, 0.29) is 22.6 Å². The van der Waals surface area contributed by atoms with E-state index in [9.17, 15) is 8.78 Å². The highest BCUT2D eigenvalue weighted by molar-refractivity contribution is 5.52. The van der Waals surface area contributed by atoms with Crippen LogP contribution in [0, 0.1) is 11.6 Å². The van der Waals surface area contributed by atoms with Crippen molar-refractivity contribution in [3.05, 3.63) is 71.3 Å². The van der Waals surface area contributed by atoms with Crippen LogP contribution in [0.15, 0.2) is 48.5 Å². The van der Waals surface area contributed by atoms with Crippen molar-refractivity contribution in [1.82, 2.24) is 0 Å². The molecule has 0 bridgehead atoms. The second-order valence-electron chi connectivity index (χ2n) is 5.51. The van der Waals surface area contributed by atoms with Crippen molar-refractivity contribution in [2.75, 3.05) is 0 Å². The second-order valence-corrected chi connectivity index (χ2v) is 5.51. The van der Waals surface area contributed by atoms with Crippen molar-refractivity contribution < 1.29 is 8.78 Å². The number of rotatable bonds is 2. The Balaban J connectivity index is 2.11. The Morgan fingerprint density at radius 2 is 1.16 bits per heavy atom. The first kappa shape index (κ1) is 12.3. The van der Waals surface area contributed by atoms with Crippen LogP contribution in [0.25, 0.3) is 0 Å². The largest absolute Gasteiger partial charge is 0.324 e. The molecule has 2 N–H and O–H groups in total. The molecule has 1 aliphatic rings. The molecular formula is C16H15F2N. The molecule has 0 aromatic heterocycles. The van der Waals surface area contributed by atoms with E-state index in [1.54, 1.807) is 24.3 Å². The fourth-order valence-electron chi connectivity index (χ4n) is 3.01. The molecule has 1 saturated carbocycles. The maximum absolute atomic E-state index is 13.1. The molecule has 98 valence electrons. The van der Waals surface area contributed by atoms with Crippen LogP contribution < -0.4 is 5.73 Å². The zero-order chi connectivity index (χ0) is 13.7. The van der Waals surface area contributed by atoms with Gasteiger partial charge in [0.2, 0.25) is 0 Å². The molecule has 1 unspecified atom stereocenters. The van der Waals surface area contributed by atoms with Gasteiger partial charge >= 0.3 is 0 Å². The Hall–Kier alpha value is -1.74. The normalized spacial score (nSPS) is 24.2. The van der Waals surface area contributed by atoms with Gasteiger partial charge in [0.05, 0.1) is 0 Å². The first-order chi connectivity index (χ1) is 8.96. The molecule has 0 aliphatic heterocycles. The van der Waals surface area contributed by atoms with Gasteiger partial charge in [-0.05, 0) is 48.7 Å². The van der Waals surface area contributed by atoms with Crippen LogP contribution in [-0.4, -0.2) is 5.54 Å². The first-order valence-corrected chi connectivity index (χ1v) is 6.27. The lowest BCUT2D eigenvalue weighted by Gasteiger charge is -2.21. The minimum atomic E-state index is -0.386. The summed E-state index contributed by atoms with van der Waals surface area (Å²) in [6, 6.07) is 12.8. The van der Waals surface area contributed by atoms with E-state index in [0.29, 0.717) is 0 Å². The highest BCUT2D eigenvalue weighted by Gasteiger charge is 2.63. The third kappa shape index (κ3) is 1.77. The monoisotopic (exact) mass is 259 g/mol. The average molecular weight is 259 g/mol. The molecule has 0 amide bonds. The van der Waals surface area contributed by atoms with Crippen molar-refractivity contribution in [2.45, 2.75) is 24.3 Å². The molecule has 0 spiro atoms.